The second kappa shape index (κ2) is 8.91. The summed E-state index contributed by atoms with van der Waals surface area (Å²) in [5.74, 6) is -1.02. The molecule has 1 atom stereocenters. The van der Waals surface area contributed by atoms with Crippen LogP contribution in [0.3, 0.4) is 0 Å². The second-order valence-corrected chi connectivity index (χ2v) is 6.36. The highest BCUT2D eigenvalue weighted by Gasteiger charge is 2.25. The fourth-order valence-corrected chi connectivity index (χ4v) is 1.92. The minimum Gasteiger partial charge on any atom is -0.508 e. The highest BCUT2D eigenvalue weighted by Crippen LogP contribution is 2.16. The van der Waals surface area contributed by atoms with Crippen LogP contribution in [-0.2, 0) is 19.1 Å². The molecule has 0 aliphatic heterocycles. The van der Waals surface area contributed by atoms with Crippen molar-refractivity contribution in [2.24, 2.45) is 0 Å². The van der Waals surface area contributed by atoms with E-state index in [2.05, 4.69) is 15.4 Å². The molecule has 0 unspecified atom stereocenters. The normalized spacial score (nSPS) is 12.0. The highest BCUT2D eigenvalue weighted by molar-refractivity contribution is 5.91. The zero-order valence-electron chi connectivity index (χ0n) is 14.8. The largest absolute Gasteiger partial charge is 0.508 e. The first kappa shape index (κ1) is 20.3. The van der Waals surface area contributed by atoms with E-state index in [9.17, 15) is 19.5 Å². The molecular weight excluding hydrogens is 328 g/mol. The van der Waals surface area contributed by atoms with Gasteiger partial charge in [0.1, 0.15) is 17.4 Å². The summed E-state index contributed by atoms with van der Waals surface area (Å²) in [5, 5.41) is 14.4. The van der Waals surface area contributed by atoms with Gasteiger partial charge in [0, 0.05) is 18.2 Å². The van der Waals surface area contributed by atoms with E-state index in [0.29, 0.717) is 5.69 Å². The molecule has 25 heavy (non-hydrogen) atoms. The molecule has 0 spiro atoms. The number of esters is 1. The Balaban J connectivity index is 2.59. The minimum atomic E-state index is -1.00. The Morgan fingerprint density at radius 1 is 1.24 bits per heavy atom. The molecule has 0 fully saturated rings. The van der Waals surface area contributed by atoms with Crippen molar-refractivity contribution in [2.75, 3.05) is 12.4 Å². The summed E-state index contributed by atoms with van der Waals surface area (Å²) in [4.78, 5) is 35.5. The van der Waals surface area contributed by atoms with Gasteiger partial charge in [-0.1, -0.05) is 6.07 Å². The van der Waals surface area contributed by atoms with Gasteiger partial charge in [-0.05, 0) is 39.3 Å². The third-order valence-electron chi connectivity index (χ3n) is 2.97. The predicted octanol–water partition coefficient (Wildman–Crippen LogP) is 2.18. The maximum absolute atomic E-state index is 12.0. The lowest BCUT2D eigenvalue weighted by Gasteiger charge is -2.22. The van der Waals surface area contributed by atoms with Gasteiger partial charge in [-0.15, -0.1) is 0 Å². The molecule has 0 heterocycles. The first-order valence-corrected chi connectivity index (χ1v) is 7.77. The fraction of sp³-hybridized carbons (Fsp3) is 0.471. The molecule has 2 amide bonds. The first-order valence-electron chi connectivity index (χ1n) is 7.77. The number of methoxy groups -OCH3 is 1. The lowest BCUT2D eigenvalue weighted by Crippen LogP contribution is -2.44. The van der Waals surface area contributed by atoms with Gasteiger partial charge in [-0.25, -0.2) is 9.59 Å². The Bertz CT molecular complexity index is 624. The highest BCUT2D eigenvalue weighted by atomic mass is 16.6. The third kappa shape index (κ3) is 8.05. The summed E-state index contributed by atoms with van der Waals surface area (Å²) in [6, 6.07) is 5.08. The van der Waals surface area contributed by atoms with Gasteiger partial charge >= 0.3 is 12.1 Å². The molecule has 0 bridgehead atoms. The molecule has 1 aromatic rings. The van der Waals surface area contributed by atoms with Crippen molar-refractivity contribution in [1.29, 1.82) is 0 Å². The molecule has 3 N–H and O–H groups in total. The topological polar surface area (TPSA) is 114 Å². The maximum Gasteiger partial charge on any atom is 0.408 e. The Hall–Kier alpha value is -2.77. The van der Waals surface area contributed by atoms with Crippen molar-refractivity contribution in [3.63, 3.8) is 0 Å². The number of benzene rings is 1. The lowest BCUT2D eigenvalue weighted by atomic mass is 10.1. The van der Waals surface area contributed by atoms with Gasteiger partial charge in [-0.2, -0.15) is 0 Å². The number of rotatable bonds is 6. The van der Waals surface area contributed by atoms with Crippen molar-refractivity contribution in [1.82, 2.24) is 5.32 Å². The van der Waals surface area contributed by atoms with Crippen LogP contribution in [0.2, 0.25) is 0 Å². The second-order valence-electron chi connectivity index (χ2n) is 6.36. The summed E-state index contributed by atoms with van der Waals surface area (Å²) in [5.41, 5.74) is -0.281. The number of ether oxygens (including phenoxy) is 2. The molecule has 1 rings (SSSR count). The van der Waals surface area contributed by atoms with E-state index < -0.39 is 23.7 Å². The average Bonchev–Trinajstić information content (AvgIpc) is 2.48. The SMILES string of the molecule is COC(=O)[C@H](CCC(=O)Nc1cccc(O)c1)NC(=O)OC(C)(C)C. The zero-order chi connectivity index (χ0) is 19.0. The van der Waals surface area contributed by atoms with Crippen molar-refractivity contribution in [2.45, 2.75) is 45.3 Å². The van der Waals surface area contributed by atoms with Crippen molar-refractivity contribution in [3.05, 3.63) is 24.3 Å². The first-order chi connectivity index (χ1) is 11.6. The molecule has 0 saturated carbocycles. The standard InChI is InChI=1S/C17H24N2O6/c1-17(2,3)25-16(23)19-13(15(22)24-4)8-9-14(21)18-11-6-5-7-12(20)10-11/h5-7,10,13,20H,8-9H2,1-4H3,(H,18,21)(H,19,23)/t13-/m0/s1. The number of nitrogens with one attached hydrogen (secondary N) is 2. The van der Waals surface area contributed by atoms with E-state index >= 15 is 0 Å². The van der Waals surface area contributed by atoms with E-state index in [0.717, 1.165) is 0 Å². The molecule has 1 aromatic carbocycles. The van der Waals surface area contributed by atoms with Crippen LogP contribution in [0, 0.1) is 0 Å². The molecule has 0 radical (unpaired) electrons. The monoisotopic (exact) mass is 352 g/mol. The van der Waals surface area contributed by atoms with Gasteiger partial charge in [0.15, 0.2) is 0 Å². The number of phenols is 1. The number of alkyl carbamates (subject to hydrolysis) is 1. The van der Waals surface area contributed by atoms with E-state index in [4.69, 9.17) is 4.74 Å². The number of aromatic hydroxyl groups is 1. The van der Waals surface area contributed by atoms with Gasteiger partial charge in [0.25, 0.3) is 0 Å². The van der Waals surface area contributed by atoms with Crippen LogP contribution in [-0.4, -0.2) is 41.8 Å². The van der Waals surface area contributed by atoms with E-state index in [-0.39, 0.29) is 24.5 Å². The van der Waals surface area contributed by atoms with Crippen LogP contribution in [0.5, 0.6) is 5.75 Å². The number of anilines is 1. The maximum atomic E-state index is 12.0. The molecule has 0 aliphatic carbocycles. The van der Waals surface area contributed by atoms with Crippen LogP contribution < -0.4 is 10.6 Å². The predicted molar refractivity (Wildman–Crippen MR) is 91.1 cm³/mol. The number of hydrogen-bond acceptors (Lipinski definition) is 6. The van der Waals surface area contributed by atoms with Gasteiger partial charge in [0.2, 0.25) is 5.91 Å². The third-order valence-corrected chi connectivity index (χ3v) is 2.97. The van der Waals surface area contributed by atoms with Crippen LogP contribution in [0.25, 0.3) is 0 Å². The molecule has 0 saturated heterocycles. The number of phenolic OH excluding ortho intramolecular Hbond substituents is 1. The van der Waals surface area contributed by atoms with Crippen molar-refractivity contribution >= 4 is 23.7 Å². The van der Waals surface area contributed by atoms with Crippen LogP contribution in [0.15, 0.2) is 24.3 Å². The molecule has 8 heteroatoms. The lowest BCUT2D eigenvalue weighted by molar-refractivity contribution is -0.143. The zero-order valence-corrected chi connectivity index (χ0v) is 14.8. The number of carbonyl (C=O) groups excluding carboxylic acids is 3. The Morgan fingerprint density at radius 2 is 1.92 bits per heavy atom. The molecule has 0 aromatic heterocycles. The van der Waals surface area contributed by atoms with Crippen LogP contribution >= 0.6 is 0 Å². The average molecular weight is 352 g/mol. The number of amides is 2. The smallest absolute Gasteiger partial charge is 0.408 e. The minimum absolute atomic E-state index is 0.0248. The van der Waals surface area contributed by atoms with Crippen LogP contribution in [0.4, 0.5) is 10.5 Å². The number of hydrogen-bond donors (Lipinski definition) is 3. The summed E-state index contributed by atoms with van der Waals surface area (Å²) in [6.45, 7) is 5.09. The fourth-order valence-electron chi connectivity index (χ4n) is 1.92. The van der Waals surface area contributed by atoms with E-state index in [1.54, 1.807) is 32.9 Å². The summed E-state index contributed by atoms with van der Waals surface area (Å²) in [6.07, 6.45) is -0.766. The molecule has 8 nitrogen and oxygen atoms in total. The van der Waals surface area contributed by atoms with Gasteiger partial charge in [-0.3, -0.25) is 4.79 Å². The Morgan fingerprint density at radius 3 is 2.48 bits per heavy atom. The number of carbonyl (C=O) groups is 3. The van der Waals surface area contributed by atoms with E-state index in [1.165, 1.54) is 19.2 Å². The van der Waals surface area contributed by atoms with Crippen molar-refractivity contribution in [3.8, 4) is 5.75 Å². The van der Waals surface area contributed by atoms with Crippen LogP contribution in [0.1, 0.15) is 33.6 Å². The van der Waals surface area contributed by atoms with Gasteiger partial charge < -0.3 is 25.2 Å². The van der Waals surface area contributed by atoms with E-state index in [1.807, 2.05) is 0 Å². The van der Waals surface area contributed by atoms with Gasteiger partial charge in [0.05, 0.1) is 7.11 Å². The molecular formula is C17H24N2O6. The summed E-state index contributed by atoms with van der Waals surface area (Å²) in [7, 11) is 1.19. The summed E-state index contributed by atoms with van der Waals surface area (Å²) < 4.78 is 9.73. The molecule has 0 aliphatic rings. The quantitative estimate of drug-likeness (QED) is 0.676. The summed E-state index contributed by atoms with van der Waals surface area (Å²) >= 11 is 0. The Kier molecular flexibility index (Phi) is 7.22. The Labute approximate surface area is 146 Å². The van der Waals surface area contributed by atoms with Crippen molar-refractivity contribution < 1.29 is 29.0 Å². The molecule has 138 valence electrons.